The van der Waals surface area contributed by atoms with E-state index in [4.69, 9.17) is 4.42 Å². The third kappa shape index (κ3) is 4.18. The van der Waals surface area contributed by atoms with Crippen LogP contribution in [0, 0.1) is 0 Å². The topological polar surface area (TPSA) is 43.9 Å². The van der Waals surface area contributed by atoms with Crippen LogP contribution in [0.3, 0.4) is 0 Å². The SMILES string of the molecule is c1ccc(-c2ccc3c(c2)c2cc(-c4ccccc4)ccc2n3-c2ccc(-c3nnc(-c4ccccc4)o3)cc2)cc1. The number of hydrogen-bond acceptors (Lipinski definition) is 3. The van der Waals surface area contributed by atoms with Crippen LogP contribution in [0.1, 0.15) is 0 Å². The van der Waals surface area contributed by atoms with E-state index in [1.54, 1.807) is 0 Å². The van der Waals surface area contributed by atoms with Crippen molar-refractivity contribution in [2.24, 2.45) is 0 Å². The lowest BCUT2D eigenvalue weighted by molar-refractivity contribution is 0.584. The molecule has 0 aliphatic heterocycles. The van der Waals surface area contributed by atoms with Gasteiger partial charge in [-0.1, -0.05) is 91.0 Å². The van der Waals surface area contributed by atoms with Gasteiger partial charge in [0.25, 0.3) is 0 Å². The number of benzene rings is 6. The molecule has 8 rings (SSSR count). The Morgan fingerprint density at radius 2 is 0.786 bits per heavy atom. The maximum absolute atomic E-state index is 6.01. The first kappa shape index (κ1) is 24.1. The summed E-state index contributed by atoms with van der Waals surface area (Å²) < 4.78 is 8.34. The van der Waals surface area contributed by atoms with E-state index in [0.717, 1.165) is 27.8 Å². The van der Waals surface area contributed by atoms with Crippen LogP contribution in [0.4, 0.5) is 0 Å². The predicted molar refractivity (Wildman–Crippen MR) is 170 cm³/mol. The average molecular weight is 540 g/mol. The second kappa shape index (κ2) is 10.0. The molecule has 0 spiro atoms. The first-order chi connectivity index (χ1) is 20.8. The molecule has 0 bridgehead atoms. The largest absolute Gasteiger partial charge is 0.416 e. The van der Waals surface area contributed by atoms with Crippen LogP contribution >= 0.6 is 0 Å². The maximum atomic E-state index is 6.01. The molecule has 2 heterocycles. The van der Waals surface area contributed by atoms with Gasteiger partial charge in [-0.15, -0.1) is 10.2 Å². The van der Waals surface area contributed by atoms with Crippen molar-refractivity contribution in [1.82, 2.24) is 14.8 Å². The van der Waals surface area contributed by atoms with Crippen LogP contribution in [-0.2, 0) is 0 Å². The summed E-state index contributed by atoms with van der Waals surface area (Å²) in [4.78, 5) is 0. The standard InChI is InChI=1S/C38H25N3O/c1-4-10-26(11-5-1)30-18-22-35-33(24-30)34-25-31(27-12-6-2-7-13-27)19-23-36(34)41(35)32-20-16-29(17-21-32)38-40-39-37(42-38)28-14-8-3-9-15-28/h1-25H. The lowest BCUT2D eigenvalue weighted by atomic mass is 10.0. The van der Waals surface area contributed by atoms with E-state index in [-0.39, 0.29) is 0 Å². The molecule has 42 heavy (non-hydrogen) atoms. The van der Waals surface area contributed by atoms with Crippen molar-refractivity contribution in [2.45, 2.75) is 0 Å². The second-order valence-corrected chi connectivity index (χ2v) is 10.4. The summed E-state index contributed by atoms with van der Waals surface area (Å²) in [5.74, 6) is 1.02. The third-order valence-corrected chi connectivity index (χ3v) is 7.80. The molecule has 8 aromatic rings. The van der Waals surface area contributed by atoms with Crippen molar-refractivity contribution in [1.29, 1.82) is 0 Å². The molecule has 198 valence electrons. The molecule has 0 aliphatic rings. The molecule has 0 aliphatic carbocycles. The van der Waals surface area contributed by atoms with Gasteiger partial charge in [0.2, 0.25) is 11.8 Å². The van der Waals surface area contributed by atoms with Gasteiger partial charge >= 0.3 is 0 Å². The Morgan fingerprint density at radius 1 is 0.381 bits per heavy atom. The fourth-order valence-corrected chi connectivity index (χ4v) is 5.71. The van der Waals surface area contributed by atoms with Crippen molar-refractivity contribution in [3.63, 3.8) is 0 Å². The van der Waals surface area contributed by atoms with Gasteiger partial charge in [-0.05, 0) is 82.9 Å². The molecule has 0 radical (unpaired) electrons. The quantitative estimate of drug-likeness (QED) is 0.219. The second-order valence-electron chi connectivity index (χ2n) is 10.4. The number of rotatable bonds is 5. The van der Waals surface area contributed by atoms with E-state index in [9.17, 15) is 0 Å². The van der Waals surface area contributed by atoms with Crippen LogP contribution in [0.15, 0.2) is 156 Å². The van der Waals surface area contributed by atoms with E-state index < -0.39 is 0 Å². The Labute approximate surface area is 243 Å². The minimum atomic E-state index is 0.502. The van der Waals surface area contributed by atoms with E-state index >= 15 is 0 Å². The van der Waals surface area contributed by atoms with Crippen LogP contribution in [0.2, 0.25) is 0 Å². The number of fused-ring (bicyclic) bond motifs is 3. The summed E-state index contributed by atoms with van der Waals surface area (Å²) in [6.07, 6.45) is 0. The molecule has 0 atom stereocenters. The summed E-state index contributed by atoms with van der Waals surface area (Å²) >= 11 is 0. The zero-order valence-corrected chi connectivity index (χ0v) is 22.7. The summed E-state index contributed by atoms with van der Waals surface area (Å²) in [6.45, 7) is 0. The zero-order valence-electron chi connectivity index (χ0n) is 22.7. The van der Waals surface area contributed by atoms with E-state index in [2.05, 4.69) is 124 Å². The molecule has 0 fully saturated rings. The van der Waals surface area contributed by atoms with Crippen molar-refractivity contribution in [3.8, 4) is 50.8 Å². The molecular formula is C38H25N3O. The maximum Gasteiger partial charge on any atom is 0.248 e. The van der Waals surface area contributed by atoms with Crippen molar-refractivity contribution in [3.05, 3.63) is 152 Å². The Morgan fingerprint density at radius 3 is 1.26 bits per heavy atom. The monoisotopic (exact) mass is 539 g/mol. The molecule has 0 unspecified atom stereocenters. The van der Waals surface area contributed by atoms with Gasteiger partial charge in [0.05, 0.1) is 11.0 Å². The molecule has 6 aromatic carbocycles. The zero-order chi connectivity index (χ0) is 27.9. The molecule has 0 saturated heterocycles. The fraction of sp³-hybridized carbons (Fsp3) is 0. The van der Waals surface area contributed by atoms with E-state index in [0.29, 0.717) is 11.8 Å². The Bertz CT molecular complexity index is 2070. The van der Waals surface area contributed by atoms with Crippen LogP contribution in [-0.4, -0.2) is 14.8 Å². The van der Waals surface area contributed by atoms with Gasteiger partial charge in [-0.2, -0.15) is 0 Å². The van der Waals surface area contributed by atoms with Gasteiger partial charge in [-0.25, -0.2) is 0 Å². The highest BCUT2D eigenvalue weighted by molar-refractivity contribution is 6.11. The molecule has 0 N–H and O–H groups in total. The third-order valence-electron chi connectivity index (χ3n) is 7.80. The summed E-state index contributed by atoms with van der Waals surface area (Å²) in [6, 6.07) is 52.8. The smallest absolute Gasteiger partial charge is 0.248 e. The lowest BCUT2D eigenvalue weighted by Gasteiger charge is -2.09. The van der Waals surface area contributed by atoms with Crippen LogP contribution in [0.5, 0.6) is 0 Å². The lowest BCUT2D eigenvalue weighted by Crippen LogP contribution is -1.94. The van der Waals surface area contributed by atoms with Gasteiger partial charge in [0.15, 0.2) is 0 Å². The first-order valence-electron chi connectivity index (χ1n) is 14.0. The van der Waals surface area contributed by atoms with E-state index in [1.165, 1.54) is 33.0 Å². The predicted octanol–water partition coefficient (Wildman–Crippen LogP) is 9.83. The summed E-state index contributed by atoms with van der Waals surface area (Å²) in [5.41, 5.74) is 9.99. The highest BCUT2D eigenvalue weighted by Crippen LogP contribution is 2.37. The fourth-order valence-electron chi connectivity index (χ4n) is 5.71. The summed E-state index contributed by atoms with van der Waals surface area (Å²) in [7, 11) is 0. The van der Waals surface area contributed by atoms with Crippen molar-refractivity contribution >= 4 is 21.8 Å². The minimum Gasteiger partial charge on any atom is -0.416 e. The molecule has 4 nitrogen and oxygen atoms in total. The van der Waals surface area contributed by atoms with Gasteiger partial charge in [0, 0.05) is 27.6 Å². The first-order valence-corrected chi connectivity index (χ1v) is 14.0. The molecular weight excluding hydrogens is 514 g/mol. The summed E-state index contributed by atoms with van der Waals surface area (Å²) in [5, 5.41) is 11.0. The van der Waals surface area contributed by atoms with Crippen molar-refractivity contribution < 1.29 is 4.42 Å². The average Bonchev–Trinajstić information content (AvgIpc) is 3.69. The van der Waals surface area contributed by atoms with Crippen LogP contribution < -0.4 is 0 Å². The van der Waals surface area contributed by atoms with Gasteiger partial charge < -0.3 is 8.98 Å². The molecule has 0 saturated carbocycles. The minimum absolute atomic E-state index is 0.502. The number of nitrogens with zero attached hydrogens (tertiary/aromatic N) is 3. The highest BCUT2D eigenvalue weighted by atomic mass is 16.4. The number of hydrogen-bond donors (Lipinski definition) is 0. The van der Waals surface area contributed by atoms with Gasteiger partial charge in [-0.3, -0.25) is 0 Å². The van der Waals surface area contributed by atoms with Crippen LogP contribution in [0.25, 0.3) is 72.7 Å². The number of aromatic nitrogens is 3. The Kier molecular flexibility index (Phi) is 5.75. The van der Waals surface area contributed by atoms with Gasteiger partial charge in [0.1, 0.15) is 0 Å². The van der Waals surface area contributed by atoms with E-state index in [1.807, 2.05) is 42.5 Å². The molecule has 4 heteroatoms. The molecule has 2 aromatic heterocycles. The van der Waals surface area contributed by atoms with Crippen molar-refractivity contribution in [2.75, 3.05) is 0 Å². The Hall–Kier alpha value is -5.74. The Balaban J connectivity index is 1.26. The highest BCUT2D eigenvalue weighted by Gasteiger charge is 2.16. The normalized spacial score (nSPS) is 11.3. The molecule has 0 amide bonds.